The average molecular weight is 243 g/mol. The molecule has 1 N–H and O–H groups in total. The number of halogens is 1. The second-order valence-corrected chi connectivity index (χ2v) is 3.44. The summed E-state index contributed by atoms with van der Waals surface area (Å²) in [6.45, 7) is 0. The highest BCUT2D eigenvalue weighted by Crippen LogP contribution is 2.25. The maximum Gasteiger partial charge on any atom is 0.221 e. The number of anilines is 1. The maximum absolute atomic E-state index is 13.4. The molecular weight excluding hydrogens is 233 g/mol. The van der Waals surface area contributed by atoms with Gasteiger partial charge in [0.15, 0.2) is 0 Å². The molecule has 0 unspecified atom stereocenters. The second kappa shape index (κ2) is 5.15. The number of pyridine rings is 1. The fourth-order valence-electron chi connectivity index (χ4n) is 1.42. The second-order valence-electron chi connectivity index (χ2n) is 3.44. The average Bonchev–Trinajstić information content (AvgIpc) is 2.39. The molecule has 0 saturated carbocycles. The van der Waals surface area contributed by atoms with Gasteiger partial charge in [0.05, 0.1) is 0 Å². The molecule has 0 bridgehead atoms. The van der Waals surface area contributed by atoms with Crippen molar-refractivity contribution in [2.75, 3.05) is 12.4 Å². The predicted molar refractivity (Wildman–Crippen MR) is 65.0 cm³/mol. The van der Waals surface area contributed by atoms with E-state index in [-0.39, 0.29) is 11.3 Å². The normalized spacial score (nSPS) is 9.61. The van der Waals surface area contributed by atoms with Crippen LogP contribution in [0.2, 0.25) is 0 Å². The molecule has 0 saturated heterocycles. The van der Waals surface area contributed by atoms with Gasteiger partial charge in [-0.15, -0.1) is 0 Å². The summed E-state index contributed by atoms with van der Waals surface area (Å²) < 4.78 is 18.8. The lowest BCUT2D eigenvalue weighted by Gasteiger charge is -2.07. The lowest BCUT2D eigenvalue weighted by molar-refractivity contribution is 0.457. The number of nitrogens with one attached hydrogen (secondary N) is 1. The first-order valence-electron chi connectivity index (χ1n) is 5.26. The quantitative estimate of drug-likeness (QED) is 0.900. The van der Waals surface area contributed by atoms with Crippen LogP contribution in [0.4, 0.5) is 10.2 Å². The highest BCUT2D eigenvalue weighted by Gasteiger charge is 2.10. The van der Waals surface area contributed by atoms with Crippen molar-refractivity contribution >= 4 is 5.82 Å². The summed E-state index contributed by atoms with van der Waals surface area (Å²) in [6, 6.07) is 11.1. The van der Waals surface area contributed by atoms with Gasteiger partial charge in [-0.05, 0) is 18.2 Å². The lowest BCUT2D eigenvalue weighted by atomic mass is 10.2. The number of benzene rings is 1. The smallest absolute Gasteiger partial charge is 0.221 e. The Bertz CT molecular complexity index is 607. The maximum atomic E-state index is 13.4. The molecule has 1 aromatic heterocycles. The summed E-state index contributed by atoms with van der Waals surface area (Å²) in [5, 5.41) is 11.7. The van der Waals surface area contributed by atoms with Crippen LogP contribution in [0.15, 0.2) is 36.4 Å². The van der Waals surface area contributed by atoms with Crippen LogP contribution in [0.5, 0.6) is 11.6 Å². The minimum Gasteiger partial charge on any atom is -0.437 e. The van der Waals surface area contributed by atoms with Crippen LogP contribution in [0.25, 0.3) is 0 Å². The van der Waals surface area contributed by atoms with Crippen LogP contribution >= 0.6 is 0 Å². The summed E-state index contributed by atoms with van der Waals surface area (Å²) in [7, 11) is 1.73. The monoisotopic (exact) mass is 243 g/mol. The third-order valence-corrected chi connectivity index (χ3v) is 2.28. The van der Waals surface area contributed by atoms with Crippen molar-refractivity contribution in [3.8, 4) is 17.7 Å². The molecule has 0 amide bonds. The van der Waals surface area contributed by atoms with Gasteiger partial charge in [0.25, 0.3) is 0 Å². The Balaban J connectivity index is 2.34. The topological polar surface area (TPSA) is 57.9 Å². The van der Waals surface area contributed by atoms with Gasteiger partial charge in [-0.3, -0.25) is 0 Å². The van der Waals surface area contributed by atoms with E-state index in [2.05, 4.69) is 10.3 Å². The molecule has 0 aliphatic heterocycles. The molecule has 0 fully saturated rings. The standard InChI is InChI=1S/C13H10FN3O/c1-16-12-6-3-7-13(17-12)18-11-5-2-4-10(14)9(11)8-15/h2-7H,1H3,(H,16,17). The first-order valence-corrected chi connectivity index (χ1v) is 5.26. The molecule has 0 spiro atoms. The first kappa shape index (κ1) is 11.9. The molecule has 5 heteroatoms. The molecule has 2 aromatic rings. The number of aromatic nitrogens is 1. The zero-order chi connectivity index (χ0) is 13.0. The Labute approximate surface area is 104 Å². The van der Waals surface area contributed by atoms with Crippen LogP contribution in [-0.4, -0.2) is 12.0 Å². The van der Waals surface area contributed by atoms with E-state index in [4.69, 9.17) is 10.00 Å². The van der Waals surface area contributed by atoms with E-state index >= 15 is 0 Å². The minimum atomic E-state index is -0.611. The van der Waals surface area contributed by atoms with Gasteiger partial charge in [0, 0.05) is 13.1 Å². The fourth-order valence-corrected chi connectivity index (χ4v) is 1.42. The molecule has 2 rings (SSSR count). The number of hydrogen-bond acceptors (Lipinski definition) is 4. The number of rotatable bonds is 3. The highest BCUT2D eigenvalue weighted by molar-refractivity contribution is 5.46. The SMILES string of the molecule is CNc1cccc(Oc2cccc(F)c2C#N)n1. The van der Waals surface area contributed by atoms with Gasteiger partial charge in [0.1, 0.15) is 29.0 Å². The number of hydrogen-bond donors (Lipinski definition) is 1. The molecule has 0 aliphatic rings. The van der Waals surface area contributed by atoms with E-state index in [0.717, 1.165) is 0 Å². The van der Waals surface area contributed by atoms with Gasteiger partial charge in [0.2, 0.25) is 5.88 Å². The third kappa shape index (κ3) is 2.38. The van der Waals surface area contributed by atoms with E-state index in [9.17, 15) is 4.39 Å². The Kier molecular flexibility index (Phi) is 3.39. The molecule has 0 radical (unpaired) electrons. The van der Waals surface area contributed by atoms with Gasteiger partial charge in [-0.1, -0.05) is 12.1 Å². The molecule has 90 valence electrons. The van der Waals surface area contributed by atoms with E-state index in [0.29, 0.717) is 11.7 Å². The minimum absolute atomic E-state index is 0.130. The summed E-state index contributed by atoms with van der Waals surface area (Å²) in [6.07, 6.45) is 0. The van der Waals surface area contributed by atoms with E-state index in [1.807, 2.05) is 0 Å². The summed E-state index contributed by atoms with van der Waals surface area (Å²) in [5.74, 6) is 0.462. The van der Waals surface area contributed by atoms with Crippen LogP contribution in [-0.2, 0) is 0 Å². The zero-order valence-corrected chi connectivity index (χ0v) is 9.64. The Morgan fingerprint density at radius 2 is 2.06 bits per heavy atom. The summed E-state index contributed by atoms with van der Waals surface area (Å²) in [5.41, 5.74) is -0.130. The molecule has 1 aromatic carbocycles. The van der Waals surface area contributed by atoms with E-state index in [1.165, 1.54) is 18.2 Å². The Morgan fingerprint density at radius 1 is 1.28 bits per heavy atom. The van der Waals surface area contributed by atoms with E-state index in [1.54, 1.807) is 31.3 Å². The van der Waals surface area contributed by atoms with Gasteiger partial charge < -0.3 is 10.1 Å². The predicted octanol–water partition coefficient (Wildman–Crippen LogP) is 2.93. The molecule has 4 nitrogen and oxygen atoms in total. The van der Waals surface area contributed by atoms with Crippen molar-refractivity contribution in [3.63, 3.8) is 0 Å². The van der Waals surface area contributed by atoms with Crippen LogP contribution in [0, 0.1) is 17.1 Å². The van der Waals surface area contributed by atoms with Crippen molar-refractivity contribution < 1.29 is 9.13 Å². The molecular formula is C13H10FN3O. The number of nitrogens with zero attached hydrogens (tertiary/aromatic N) is 2. The van der Waals surface area contributed by atoms with Gasteiger partial charge in [-0.2, -0.15) is 10.2 Å². The van der Waals surface area contributed by atoms with Crippen molar-refractivity contribution in [1.29, 1.82) is 5.26 Å². The molecule has 0 atom stereocenters. The lowest BCUT2D eigenvalue weighted by Crippen LogP contribution is -1.96. The van der Waals surface area contributed by atoms with Crippen LogP contribution in [0.1, 0.15) is 5.56 Å². The molecule has 0 aliphatic carbocycles. The summed E-state index contributed by atoms with van der Waals surface area (Å²) in [4.78, 5) is 4.13. The van der Waals surface area contributed by atoms with Gasteiger partial charge >= 0.3 is 0 Å². The van der Waals surface area contributed by atoms with Crippen molar-refractivity contribution in [2.45, 2.75) is 0 Å². The van der Waals surface area contributed by atoms with Crippen LogP contribution < -0.4 is 10.1 Å². The third-order valence-electron chi connectivity index (χ3n) is 2.28. The zero-order valence-electron chi connectivity index (χ0n) is 9.64. The Morgan fingerprint density at radius 3 is 2.78 bits per heavy atom. The van der Waals surface area contributed by atoms with Crippen molar-refractivity contribution in [2.24, 2.45) is 0 Å². The van der Waals surface area contributed by atoms with Gasteiger partial charge in [-0.25, -0.2) is 4.39 Å². The summed E-state index contributed by atoms with van der Waals surface area (Å²) >= 11 is 0. The van der Waals surface area contributed by atoms with E-state index < -0.39 is 5.82 Å². The fraction of sp³-hybridized carbons (Fsp3) is 0.0769. The van der Waals surface area contributed by atoms with Crippen molar-refractivity contribution in [3.05, 3.63) is 47.8 Å². The first-order chi connectivity index (χ1) is 8.74. The van der Waals surface area contributed by atoms with Crippen molar-refractivity contribution in [1.82, 2.24) is 4.98 Å². The molecule has 1 heterocycles. The molecule has 18 heavy (non-hydrogen) atoms. The Hall–Kier alpha value is -2.61. The largest absolute Gasteiger partial charge is 0.437 e. The number of nitriles is 1. The highest BCUT2D eigenvalue weighted by atomic mass is 19.1. The van der Waals surface area contributed by atoms with Crippen LogP contribution in [0.3, 0.4) is 0 Å². The number of ether oxygens (including phenoxy) is 1.